The maximum absolute atomic E-state index is 2.48. The highest BCUT2D eigenvalue weighted by Gasteiger charge is 2.46. The summed E-state index contributed by atoms with van der Waals surface area (Å²) in [6.07, 6.45) is 0. The molecule has 0 saturated carbocycles. The molecule has 0 amide bonds. The quantitative estimate of drug-likeness (QED) is 0.161. The van der Waals surface area contributed by atoms with E-state index < -0.39 is 5.41 Å². The van der Waals surface area contributed by atoms with Crippen molar-refractivity contribution in [2.75, 3.05) is 0 Å². The third-order valence-electron chi connectivity index (χ3n) is 12.4. The van der Waals surface area contributed by atoms with E-state index in [1.165, 1.54) is 109 Å². The molecule has 0 heterocycles. The molecule has 0 N–H and O–H groups in total. The van der Waals surface area contributed by atoms with Crippen molar-refractivity contribution in [3.8, 4) is 33.4 Å². The fourth-order valence-corrected chi connectivity index (χ4v) is 10.1. The number of hydrogen-bond acceptors (Lipinski definition) is 0. The molecule has 0 heteroatoms. The highest BCUT2D eigenvalue weighted by Crippen LogP contribution is 2.59. The first-order chi connectivity index (χ1) is 27.3. The van der Waals surface area contributed by atoms with E-state index in [9.17, 15) is 0 Å². The Labute approximate surface area is 319 Å². The zero-order valence-corrected chi connectivity index (χ0v) is 30.1. The van der Waals surface area contributed by atoms with Gasteiger partial charge < -0.3 is 0 Å². The molecule has 0 aromatic heterocycles. The first-order valence-electron chi connectivity index (χ1n) is 19.2. The smallest absolute Gasteiger partial charge is 0.0622 e. The van der Waals surface area contributed by atoms with Crippen LogP contribution in [0.2, 0.25) is 0 Å². The van der Waals surface area contributed by atoms with Crippen molar-refractivity contribution in [1.29, 1.82) is 0 Å². The van der Waals surface area contributed by atoms with Crippen LogP contribution in [0.3, 0.4) is 0 Å². The van der Waals surface area contributed by atoms with Crippen LogP contribution in [0, 0.1) is 0 Å². The van der Waals surface area contributed by atoms with Crippen molar-refractivity contribution >= 4 is 53.9 Å². The van der Waals surface area contributed by atoms with E-state index in [4.69, 9.17) is 0 Å². The Kier molecular flexibility index (Phi) is 6.36. The van der Waals surface area contributed by atoms with Gasteiger partial charge in [-0.05, 0) is 134 Å². The maximum Gasteiger partial charge on any atom is 0.0713 e. The summed E-state index contributed by atoms with van der Waals surface area (Å²) in [5.41, 5.74) is 12.3. The Morgan fingerprint density at radius 1 is 0.273 bits per heavy atom. The lowest BCUT2D eigenvalue weighted by molar-refractivity contribution is 0.769. The van der Waals surface area contributed by atoms with E-state index in [2.05, 4.69) is 206 Å². The van der Waals surface area contributed by atoms with E-state index in [0.717, 1.165) is 0 Å². The second kappa shape index (κ2) is 11.5. The van der Waals surface area contributed by atoms with Crippen LogP contribution in [0.4, 0.5) is 0 Å². The Balaban J connectivity index is 1.15. The van der Waals surface area contributed by atoms with Crippen LogP contribution in [-0.4, -0.2) is 0 Å². The Bertz CT molecular complexity index is 3190. The van der Waals surface area contributed by atoms with E-state index in [0.29, 0.717) is 0 Å². The largest absolute Gasteiger partial charge is 0.0713 e. The molecule has 0 bridgehead atoms. The molecule has 0 atom stereocenters. The molecule has 254 valence electrons. The predicted octanol–water partition coefficient (Wildman–Crippen LogP) is 14.6. The molecular weight excluding hydrogens is 661 g/mol. The third-order valence-corrected chi connectivity index (χ3v) is 12.4. The molecule has 1 aliphatic carbocycles. The molecule has 55 heavy (non-hydrogen) atoms. The molecule has 11 aromatic carbocycles. The minimum atomic E-state index is -0.480. The van der Waals surface area contributed by atoms with Gasteiger partial charge in [0.15, 0.2) is 0 Å². The molecule has 0 fully saturated rings. The number of fused-ring (bicyclic) bond motifs is 6. The van der Waals surface area contributed by atoms with Gasteiger partial charge in [0.1, 0.15) is 0 Å². The molecule has 1 aliphatic rings. The van der Waals surface area contributed by atoms with Gasteiger partial charge in [0.2, 0.25) is 0 Å². The van der Waals surface area contributed by atoms with E-state index >= 15 is 0 Å². The zero-order valence-electron chi connectivity index (χ0n) is 30.1. The Hall–Kier alpha value is -7.02. The first-order valence-corrected chi connectivity index (χ1v) is 19.2. The molecule has 12 rings (SSSR count). The van der Waals surface area contributed by atoms with Gasteiger partial charge in [0, 0.05) is 0 Å². The van der Waals surface area contributed by atoms with Crippen molar-refractivity contribution in [2.45, 2.75) is 5.41 Å². The summed E-state index contributed by atoms with van der Waals surface area (Å²) < 4.78 is 0. The lowest BCUT2D eigenvalue weighted by atomic mass is 9.67. The minimum absolute atomic E-state index is 0.480. The molecule has 11 aromatic rings. The molecule has 0 saturated heterocycles. The molecule has 0 spiro atoms. The first kappa shape index (κ1) is 30.4. The maximum atomic E-state index is 2.48. The summed E-state index contributed by atoms with van der Waals surface area (Å²) >= 11 is 0. The molecular formula is C55H34. The molecule has 0 nitrogen and oxygen atoms in total. The summed E-state index contributed by atoms with van der Waals surface area (Å²) in [4.78, 5) is 0. The summed E-state index contributed by atoms with van der Waals surface area (Å²) in [6, 6.07) is 77.3. The van der Waals surface area contributed by atoms with Crippen LogP contribution < -0.4 is 0 Å². The van der Waals surface area contributed by atoms with Crippen molar-refractivity contribution in [2.24, 2.45) is 0 Å². The van der Waals surface area contributed by atoms with Gasteiger partial charge >= 0.3 is 0 Å². The molecule has 0 unspecified atom stereocenters. The molecule has 0 radical (unpaired) electrons. The van der Waals surface area contributed by atoms with Gasteiger partial charge in [-0.2, -0.15) is 0 Å². The van der Waals surface area contributed by atoms with E-state index in [1.54, 1.807) is 0 Å². The summed E-state index contributed by atoms with van der Waals surface area (Å²) in [5.74, 6) is 0. The zero-order chi connectivity index (χ0) is 36.1. The van der Waals surface area contributed by atoms with E-state index in [-0.39, 0.29) is 0 Å². The second-order valence-corrected chi connectivity index (χ2v) is 15.2. The Morgan fingerprint density at radius 3 is 1.55 bits per heavy atom. The van der Waals surface area contributed by atoms with Crippen LogP contribution in [-0.2, 0) is 5.41 Å². The second-order valence-electron chi connectivity index (χ2n) is 15.2. The topological polar surface area (TPSA) is 0 Å². The highest BCUT2D eigenvalue weighted by atomic mass is 14.5. The normalized spacial score (nSPS) is 13.2. The number of hydrogen-bond donors (Lipinski definition) is 0. The van der Waals surface area contributed by atoms with Crippen molar-refractivity contribution in [1.82, 2.24) is 0 Å². The molecule has 0 aliphatic heterocycles. The van der Waals surface area contributed by atoms with Gasteiger partial charge in [0.05, 0.1) is 5.41 Å². The number of rotatable bonds is 4. The van der Waals surface area contributed by atoms with Gasteiger partial charge in [0.25, 0.3) is 0 Å². The van der Waals surface area contributed by atoms with Crippen LogP contribution in [0.1, 0.15) is 22.3 Å². The van der Waals surface area contributed by atoms with Crippen LogP contribution in [0.25, 0.3) is 87.2 Å². The van der Waals surface area contributed by atoms with Crippen LogP contribution in [0.5, 0.6) is 0 Å². The summed E-state index contributed by atoms with van der Waals surface area (Å²) in [7, 11) is 0. The lowest BCUT2D eigenvalue weighted by Crippen LogP contribution is -2.28. The van der Waals surface area contributed by atoms with Gasteiger partial charge in [-0.3, -0.25) is 0 Å². The minimum Gasteiger partial charge on any atom is -0.0622 e. The van der Waals surface area contributed by atoms with E-state index in [1.807, 2.05) is 0 Å². The average molecular weight is 695 g/mol. The SMILES string of the molecule is c1ccc(C2(c3ccccc3)c3ccc(-c4cc5ccc6cccc7ccc(c4)c5c67)cc3-c3c2ccc2c(-c4ccc5ccccc5c4)cccc32)cc1. The van der Waals surface area contributed by atoms with Crippen molar-refractivity contribution < 1.29 is 0 Å². The summed E-state index contributed by atoms with van der Waals surface area (Å²) in [6.45, 7) is 0. The van der Waals surface area contributed by atoms with Crippen molar-refractivity contribution in [3.05, 3.63) is 229 Å². The summed E-state index contributed by atoms with van der Waals surface area (Å²) in [5, 5.41) is 12.9. The Morgan fingerprint density at radius 2 is 0.818 bits per heavy atom. The average Bonchev–Trinajstić information content (AvgIpc) is 3.56. The lowest BCUT2D eigenvalue weighted by Gasteiger charge is -2.34. The van der Waals surface area contributed by atoms with Crippen LogP contribution >= 0.6 is 0 Å². The highest BCUT2D eigenvalue weighted by molar-refractivity contribution is 6.23. The fourth-order valence-electron chi connectivity index (χ4n) is 10.1. The standard InChI is InChI=1S/C55H34/c1-3-15-44(16-4-1)55(45-17-5-2-6-18-45)50-29-27-39(43-32-41-25-22-36-13-9-14-37-23-26-42(33-43)53(41)52(36)37)34-49(50)54-48-20-10-19-46(47(48)28-30-51(54)55)40-24-21-35-11-7-8-12-38(35)31-40/h1-34H. The monoisotopic (exact) mass is 694 g/mol. The van der Waals surface area contributed by atoms with Gasteiger partial charge in [-0.25, -0.2) is 0 Å². The van der Waals surface area contributed by atoms with Crippen LogP contribution in [0.15, 0.2) is 206 Å². The third kappa shape index (κ3) is 4.28. The van der Waals surface area contributed by atoms with Crippen molar-refractivity contribution in [3.63, 3.8) is 0 Å². The van der Waals surface area contributed by atoms with Gasteiger partial charge in [-0.15, -0.1) is 0 Å². The number of benzene rings is 11. The van der Waals surface area contributed by atoms with Gasteiger partial charge in [-0.1, -0.05) is 182 Å². The fraction of sp³-hybridized carbons (Fsp3) is 0.0182. The predicted molar refractivity (Wildman–Crippen MR) is 233 cm³/mol.